The van der Waals surface area contributed by atoms with E-state index in [4.69, 9.17) is 16.3 Å². The number of halogens is 1. The van der Waals surface area contributed by atoms with E-state index in [0.717, 1.165) is 0 Å². The van der Waals surface area contributed by atoms with Crippen LogP contribution in [0, 0.1) is 28.6 Å². The van der Waals surface area contributed by atoms with Crippen LogP contribution in [-0.2, 0) is 9.59 Å². The lowest BCUT2D eigenvalue weighted by molar-refractivity contribution is -0.127. The van der Waals surface area contributed by atoms with E-state index in [1.54, 1.807) is 25.3 Å². The zero-order chi connectivity index (χ0) is 25.0. The SMILES string of the molecule is COc1ccc(Cl)c2[nH]c(C(=O)C[C@@H](CC(C)(C)C)C(=O)N[C@H](C#N)C[C@@H]3CCNC3=O)cc12. The molecule has 0 spiro atoms. The molecule has 0 bridgehead atoms. The van der Waals surface area contributed by atoms with Crippen LogP contribution >= 0.6 is 11.6 Å². The second-order valence-corrected chi connectivity index (χ2v) is 10.4. The Morgan fingerprint density at radius 3 is 2.68 bits per heavy atom. The fourth-order valence-electron chi connectivity index (χ4n) is 4.41. The van der Waals surface area contributed by atoms with Gasteiger partial charge in [0.1, 0.15) is 11.8 Å². The van der Waals surface area contributed by atoms with Crippen molar-refractivity contribution in [3.05, 3.63) is 28.9 Å². The second kappa shape index (κ2) is 10.5. The van der Waals surface area contributed by atoms with Crippen molar-refractivity contribution in [1.82, 2.24) is 15.6 Å². The maximum atomic E-state index is 13.2. The lowest BCUT2D eigenvalue weighted by atomic mass is 9.81. The molecule has 0 saturated carbocycles. The molecule has 2 amide bonds. The van der Waals surface area contributed by atoms with Crippen LogP contribution in [0.3, 0.4) is 0 Å². The first-order valence-corrected chi connectivity index (χ1v) is 11.8. The number of methoxy groups -OCH3 is 1. The van der Waals surface area contributed by atoms with Gasteiger partial charge in [0, 0.05) is 30.2 Å². The van der Waals surface area contributed by atoms with Crippen LogP contribution in [0.1, 0.15) is 56.9 Å². The van der Waals surface area contributed by atoms with Crippen molar-refractivity contribution in [2.24, 2.45) is 17.3 Å². The van der Waals surface area contributed by atoms with Crippen LogP contribution in [0.25, 0.3) is 10.9 Å². The van der Waals surface area contributed by atoms with Crippen LogP contribution in [0.5, 0.6) is 5.75 Å². The summed E-state index contributed by atoms with van der Waals surface area (Å²) in [6, 6.07) is 6.40. The second-order valence-electron chi connectivity index (χ2n) is 10.0. The molecular weight excluding hydrogens is 456 g/mol. The first-order chi connectivity index (χ1) is 16.0. The molecule has 0 aliphatic carbocycles. The fraction of sp³-hybridized carbons (Fsp3) is 0.520. The third-order valence-electron chi connectivity index (χ3n) is 6.04. The van der Waals surface area contributed by atoms with Crippen molar-refractivity contribution in [2.75, 3.05) is 13.7 Å². The minimum atomic E-state index is -0.796. The lowest BCUT2D eigenvalue weighted by Crippen LogP contribution is -2.41. The third kappa shape index (κ3) is 6.09. The smallest absolute Gasteiger partial charge is 0.224 e. The zero-order valence-corrected chi connectivity index (χ0v) is 20.7. The van der Waals surface area contributed by atoms with Crippen molar-refractivity contribution in [3.63, 3.8) is 0 Å². The van der Waals surface area contributed by atoms with E-state index in [2.05, 4.69) is 21.7 Å². The first kappa shape index (κ1) is 25.6. The van der Waals surface area contributed by atoms with Crippen molar-refractivity contribution < 1.29 is 19.1 Å². The normalized spacial score (nSPS) is 17.6. The van der Waals surface area contributed by atoms with Crippen LogP contribution in [0.2, 0.25) is 5.02 Å². The van der Waals surface area contributed by atoms with E-state index in [-0.39, 0.29) is 41.8 Å². The number of aromatic nitrogens is 1. The summed E-state index contributed by atoms with van der Waals surface area (Å²) in [4.78, 5) is 41.3. The number of carbonyl (C=O) groups excluding carboxylic acids is 3. The van der Waals surface area contributed by atoms with Crippen molar-refractivity contribution in [2.45, 2.75) is 52.5 Å². The molecule has 3 rings (SSSR count). The Morgan fingerprint density at radius 1 is 1.35 bits per heavy atom. The highest BCUT2D eigenvalue weighted by Crippen LogP contribution is 2.33. The van der Waals surface area contributed by atoms with Crippen molar-refractivity contribution >= 4 is 40.1 Å². The number of hydrogen-bond donors (Lipinski definition) is 3. The minimum absolute atomic E-state index is 0.0298. The number of benzene rings is 1. The van der Waals surface area contributed by atoms with E-state index in [0.29, 0.717) is 46.8 Å². The van der Waals surface area contributed by atoms with Crippen LogP contribution < -0.4 is 15.4 Å². The van der Waals surface area contributed by atoms with Gasteiger partial charge in [0.05, 0.1) is 29.4 Å². The highest BCUT2D eigenvalue weighted by atomic mass is 35.5. The number of nitriles is 1. The number of carbonyl (C=O) groups is 3. The number of Topliss-reactive ketones (excluding diaryl/α,β-unsaturated/α-hetero) is 1. The van der Waals surface area contributed by atoms with Crippen LogP contribution in [0.15, 0.2) is 18.2 Å². The van der Waals surface area contributed by atoms with Gasteiger partial charge in [-0.3, -0.25) is 14.4 Å². The summed E-state index contributed by atoms with van der Waals surface area (Å²) in [5.41, 5.74) is 0.719. The molecule has 3 atom stereocenters. The topological polar surface area (TPSA) is 124 Å². The molecule has 182 valence electrons. The highest BCUT2D eigenvalue weighted by molar-refractivity contribution is 6.35. The molecule has 1 aromatic carbocycles. The summed E-state index contributed by atoms with van der Waals surface area (Å²) in [5.74, 6) is -1.03. The number of H-pyrrole nitrogens is 1. The standard InChI is InChI=1S/C25H31ClN4O4/c1-25(2,3)12-15(24(33)29-16(13-27)9-14-7-8-28-23(14)32)10-20(31)19-11-17-21(34-4)6-5-18(26)22(17)30-19/h5-6,11,14-16,30H,7-10,12H2,1-4H3,(H,28,32)(H,29,33)/t14-,15-,16-/m0/s1. The van der Waals surface area contributed by atoms with Gasteiger partial charge in [-0.15, -0.1) is 0 Å². The summed E-state index contributed by atoms with van der Waals surface area (Å²) in [7, 11) is 1.54. The Morgan fingerprint density at radius 2 is 2.09 bits per heavy atom. The molecule has 1 saturated heterocycles. The Hall–Kier alpha value is -3.05. The molecular formula is C25H31ClN4O4. The molecule has 1 fully saturated rings. The van der Waals surface area contributed by atoms with Gasteiger partial charge in [0.15, 0.2) is 5.78 Å². The van der Waals surface area contributed by atoms with Gasteiger partial charge in [-0.2, -0.15) is 5.26 Å². The largest absolute Gasteiger partial charge is 0.496 e. The maximum absolute atomic E-state index is 13.2. The van der Waals surface area contributed by atoms with Gasteiger partial charge >= 0.3 is 0 Å². The van der Waals surface area contributed by atoms with Gasteiger partial charge in [-0.1, -0.05) is 32.4 Å². The zero-order valence-electron chi connectivity index (χ0n) is 20.0. The quantitative estimate of drug-likeness (QED) is 0.462. The maximum Gasteiger partial charge on any atom is 0.224 e. The molecule has 1 aromatic heterocycles. The fourth-order valence-corrected chi connectivity index (χ4v) is 4.62. The molecule has 34 heavy (non-hydrogen) atoms. The predicted molar refractivity (Wildman–Crippen MR) is 130 cm³/mol. The van der Waals surface area contributed by atoms with E-state index in [9.17, 15) is 19.6 Å². The number of nitrogens with one attached hydrogen (secondary N) is 3. The summed E-state index contributed by atoms with van der Waals surface area (Å²) >= 11 is 6.28. The number of amides is 2. The molecule has 3 N–H and O–H groups in total. The number of ketones is 1. The Balaban J connectivity index is 1.78. The monoisotopic (exact) mass is 486 g/mol. The van der Waals surface area contributed by atoms with E-state index < -0.39 is 12.0 Å². The molecule has 8 nitrogen and oxygen atoms in total. The minimum Gasteiger partial charge on any atom is -0.496 e. The number of hydrogen-bond acceptors (Lipinski definition) is 5. The summed E-state index contributed by atoms with van der Waals surface area (Å²) in [5, 5.41) is 16.2. The average molecular weight is 487 g/mol. The third-order valence-corrected chi connectivity index (χ3v) is 6.36. The van der Waals surface area contributed by atoms with Crippen LogP contribution in [-0.4, -0.2) is 42.3 Å². The van der Waals surface area contributed by atoms with E-state index >= 15 is 0 Å². The molecule has 0 radical (unpaired) electrons. The number of aromatic amines is 1. The Kier molecular flexibility index (Phi) is 7.88. The molecule has 2 heterocycles. The summed E-state index contributed by atoms with van der Waals surface area (Å²) in [6.07, 6.45) is 1.32. The van der Waals surface area contributed by atoms with Gasteiger partial charge in [0.2, 0.25) is 11.8 Å². The highest BCUT2D eigenvalue weighted by Gasteiger charge is 2.32. The van der Waals surface area contributed by atoms with Gasteiger partial charge in [0.25, 0.3) is 0 Å². The lowest BCUT2D eigenvalue weighted by Gasteiger charge is -2.26. The van der Waals surface area contributed by atoms with Gasteiger partial charge in [-0.25, -0.2) is 0 Å². The Bertz CT molecular complexity index is 1130. The number of ether oxygens (including phenoxy) is 1. The van der Waals surface area contributed by atoms with E-state index in [1.165, 1.54) is 0 Å². The first-order valence-electron chi connectivity index (χ1n) is 11.4. The summed E-state index contributed by atoms with van der Waals surface area (Å²) < 4.78 is 5.37. The van der Waals surface area contributed by atoms with E-state index in [1.807, 2.05) is 20.8 Å². The van der Waals surface area contributed by atoms with Gasteiger partial charge < -0.3 is 20.4 Å². The molecule has 2 aromatic rings. The van der Waals surface area contributed by atoms with Crippen molar-refractivity contribution in [1.29, 1.82) is 5.26 Å². The van der Waals surface area contributed by atoms with Gasteiger partial charge in [-0.05, 0) is 42.9 Å². The molecule has 1 aliphatic heterocycles. The Labute approximate surface area is 204 Å². The van der Waals surface area contributed by atoms with Crippen LogP contribution in [0.4, 0.5) is 0 Å². The molecule has 1 aliphatic rings. The predicted octanol–water partition coefficient (Wildman–Crippen LogP) is 3.99. The number of rotatable bonds is 9. The summed E-state index contributed by atoms with van der Waals surface area (Å²) in [6.45, 7) is 6.57. The molecule has 0 unspecified atom stereocenters. The van der Waals surface area contributed by atoms with Crippen molar-refractivity contribution in [3.8, 4) is 11.8 Å². The number of fused-ring (bicyclic) bond motifs is 1. The molecule has 9 heteroatoms. The number of nitrogens with zero attached hydrogens (tertiary/aromatic N) is 1. The average Bonchev–Trinajstić information content (AvgIpc) is 3.39.